The van der Waals surface area contributed by atoms with Crippen molar-refractivity contribution in [2.24, 2.45) is 11.7 Å². The predicted molar refractivity (Wildman–Crippen MR) is 72.9 cm³/mol. The fraction of sp³-hybridized carbons (Fsp3) is 0.600. The zero-order chi connectivity index (χ0) is 13.0. The van der Waals surface area contributed by atoms with Gasteiger partial charge in [-0.1, -0.05) is 26.0 Å². The summed E-state index contributed by atoms with van der Waals surface area (Å²) in [6, 6.07) is 8.32. The molecule has 0 amide bonds. The second-order valence-corrected chi connectivity index (χ2v) is 5.33. The molecule has 100 valence electrons. The first kappa shape index (κ1) is 13.4. The normalized spacial score (nSPS) is 21.2. The van der Waals surface area contributed by atoms with Gasteiger partial charge >= 0.3 is 0 Å². The van der Waals surface area contributed by atoms with Crippen LogP contribution in [0.4, 0.5) is 0 Å². The van der Waals surface area contributed by atoms with Crippen LogP contribution >= 0.6 is 0 Å². The van der Waals surface area contributed by atoms with Gasteiger partial charge in [0, 0.05) is 18.6 Å². The first-order valence-electron chi connectivity index (χ1n) is 6.73. The Kier molecular flexibility index (Phi) is 4.61. The third-order valence-electron chi connectivity index (χ3n) is 3.54. The Hall–Kier alpha value is -1.06. The van der Waals surface area contributed by atoms with E-state index in [0.29, 0.717) is 18.4 Å². The first-order valence-corrected chi connectivity index (χ1v) is 6.73. The van der Waals surface area contributed by atoms with E-state index in [-0.39, 0.29) is 6.04 Å². The highest BCUT2D eigenvalue weighted by molar-refractivity contribution is 5.30. The van der Waals surface area contributed by atoms with Crippen molar-refractivity contribution in [3.05, 3.63) is 29.8 Å². The van der Waals surface area contributed by atoms with Crippen LogP contribution in [0.15, 0.2) is 24.3 Å². The maximum absolute atomic E-state index is 6.12. The lowest BCUT2D eigenvalue weighted by Crippen LogP contribution is -2.36. The third kappa shape index (κ3) is 3.47. The zero-order valence-electron chi connectivity index (χ0n) is 11.3. The molecule has 0 aliphatic carbocycles. The van der Waals surface area contributed by atoms with E-state index >= 15 is 0 Å². The smallest absolute Gasteiger partial charge is 0.119 e. The molecule has 3 nitrogen and oxygen atoms in total. The van der Waals surface area contributed by atoms with Crippen molar-refractivity contribution in [2.75, 3.05) is 19.8 Å². The highest BCUT2D eigenvalue weighted by Gasteiger charge is 2.23. The lowest BCUT2D eigenvalue weighted by Gasteiger charge is -2.18. The third-order valence-corrected chi connectivity index (χ3v) is 3.54. The molecule has 1 heterocycles. The van der Waals surface area contributed by atoms with Crippen molar-refractivity contribution < 1.29 is 9.47 Å². The average molecular weight is 249 g/mol. The summed E-state index contributed by atoms with van der Waals surface area (Å²) in [7, 11) is 0. The average Bonchev–Trinajstić information content (AvgIpc) is 2.90. The summed E-state index contributed by atoms with van der Waals surface area (Å²) < 4.78 is 11.1. The Balaban J connectivity index is 1.87. The Morgan fingerprint density at radius 3 is 2.94 bits per heavy atom. The molecule has 2 rings (SSSR count). The van der Waals surface area contributed by atoms with Crippen LogP contribution < -0.4 is 10.5 Å². The first-order chi connectivity index (χ1) is 8.66. The fourth-order valence-electron chi connectivity index (χ4n) is 2.18. The fourth-order valence-corrected chi connectivity index (χ4v) is 2.18. The van der Waals surface area contributed by atoms with E-state index in [0.717, 1.165) is 25.4 Å². The van der Waals surface area contributed by atoms with Gasteiger partial charge in [-0.25, -0.2) is 0 Å². The summed E-state index contributed by atoms with van der Waals surface area (Å²) in [5, 5.41) is 0. The van der Waals surface area contributed by atoms with E-state index in [2.05, 4.69) is 26.0 Å². The van der Waals surface area contributed by atoms with Gasteiger partial charge in [-0.15, -0.1) is 0 Å². The quantitative estimate of drug-likeness (QED) is 0.872. The molecular formula is C15H23NO2. The van der Waals surface area contributed by atoms with Crippen molar-refractivity contribution in [3.8, 4) is 5.75 Å². The molecule has 2 N–H and O–H groups in total. The van der Waals surface area contributed by atoms with Crippen LogP contribution in [-0.2, 0) is 4.74 Å². The van der Waals surface area contributed by atoms with E-state index in [9.17, 15) is 0 Å². The second-order valence-electron chi connectivity index (χ2n) is 5.33. The lowest BCUT2D eigenvalue weighted by atomic mass is 10.0. The Bertz CT molecular complexity index is 373. The van der Waals surface area contributed by atoms with Crippen LogP contribution in [0.5, 0.6) is 5.75 Å². The van der Waals surface area contributed by atoms with Gasteiger partial charge in [-0.3, -0.25) is 0 Å². The molecule has 1 fully saturated rings. The maximum atomic E-state index is 6.12. The van der Waals surface area contributed by atoms with E-state index in [1.807, 2.05) is 12.1 Å². The van der Waals surface area contributed by atoms with E-state index in [1.54, 1.807) is 0 Å². The van der Waals surface area contributed by atoms with Crippen LogP contribution in [-0.4, -0.2) is 25.9 Å². The highest BCUT2D eigenvalue weighted by atomic mass is 16.5. The maximum Gasteiger partial charge on any atom is 0.119 e. The molecule has 1 saturated heterocycles. The molecule has 2 atom stereocenters. The SMILES string of the molecule is CC(C)c1cccc(OCC(N)C2CCOC2)c1. The van der Waals surface area contributed by atoms with Crippen molar-refractivity contribution >= 4 is 0 Å². The summed E-state index contributed by atoms with van der Waals surface area (Å²) >= 11 is 0. The molecule has 0 radical (unpaired) electrons. The molecule has 0 aromatic heterocycles. The van der Waals surface area contributed by atoms with Crippen LogP contribution in [0.25, 0.3) is 0 Å². The van der Waals surface area contributed by atoms with Crippen molar-refractivity contribution in [3.63, 3.8) is 0 Å². The van der Waals surface area contributed by atoms with E-state index < -0.39 is 0 Å². The van der Waals surface area contributed by atoms with Crippen molar-refractivity contribution in [1.82, 2.24) is 0 Å². The number of ether oxygens (including phenoxy) is 2. The Labute approximate surface area is 109 Å². The molecular weight excluding hydrogens is 226 g/mol. The van der Waals surface area contributed by atoms with Gasteiger partial charge in [0.25, 0.3) is 0 Å². The van der Waals surface area contributed by atoms with E-state index in [1.165, 1.54) is 5.56 Å². The van der Waals surface area contributed by atoms with Gasteiger partial charge < -0.3 is 15.2 Å². The molecule has 0 bridgehead atoms. The minimum absolute atomic E-state index is 0.0650. The van der Waals surface area contributed by atoms with Crippen molar-refractivity contribution in [2.45, 2.75) is 32.2 Å². The lowest BCUT2D eigenvalue weighted by molar-refractivity contribution is 0.170. The molecule has 0 saturated carbocycles. The van der Waals surface area contributed by atoms with Crippen LogP contribution in [0.1, 0.15) is 31.7 Å². The van der Waals surface area contributed by atoms with Gasteiger partial charge in [-0.05, 0) is 30.0 Å². The number of nitrogens with two attached hydrogens (primary N) is 1. The summed E-state index contributed by atoms with van der Waals surface area (Å²) in [4.78, 5) is 0. The molecule has 1 aliphatic rings. The van der Waals surface area contributed by atoms with Gasteiger partial charge in [-0.2, -0.15) is 0 Å². The molecule has 1 aromatic carbocycles. The van der Waals surface area contributed by atoms with Crippen LogP contribution in [0.3, 0.4) is 0 Å². The molecule has 2 unspecified atom stereocenters. The van der Waals surface area contributed by atoms with Crippen LogP contribution in [0, 0.1) is 5.92 Å². The van der Waals surface area contributed by atoms with Gasteiger partial charge in [0.1, 0.15) is 12.4 Å². The summed E-state index contributed by atoms with van der Waals surface area (Å²) in [5.74, 6) is 1.87. The van der Waals surface area contributed by atoms with Gasteiger partial charge in [0.15, 0.2) is 0 Å². The standard InChI is InChI=1S/C15H23NO2/c1-11(2)12-4-3-5-14(8-12)18-10-15(16)13-6-7-17-9-13/h3-5,8,11,13,15H,6-7,9-10,16H2,1-2H3. The number of hydrogen-bond donors (Lipinski definition) is 1. The topological polar surface area (TPSA) is 44.5 Å². The minimum atomic E-state index is 0.0650. The summed E-state index contributed by atoms with van der Waals surface area (Å²) in [5.41, 5.74) is 7.42. The van der Waals surface area contributed by atoms with Crippen molar-refractivity contribution in [1.29, 1.82) is 0 Å². The number of benzene rings is 1. The minimum Gasteiger partial charge on any atom is -0.492 e. The highest BCUT2D eigenvalue weighted by Crippen LogP contribution is 2.21. The molecule has 18 heavy (non-hydrogen) atoms. The van der Waals surface area contributed by atoms with Gasteiger partial charge in [0.05, 0.1) is 6.61 Å². The Morgan fingerprint density at radius 1 is 1.44 bits per heavy atom. The van der Waals surface area contributed by atoms with Crippen LogP contribution in [0.2, 0.25) is 0 Å². The number of rotatable bonds is 5. The predicted octanol–water partition coefficient (Wildman–Crippen LogP) is 2.55. The Morgan fingerprint density at radius 2 is 2.28 bits per heavy atom. The molecule has 3 heteroatoms. The summed E-state index contributed by atoms with van der Waals surface area (Å²) in [6.45, 7) is 6.54. The molecule has 1 aromatic rings. The monoisotopic (exact) mass is 249 g/mol. The molecule has 1 aliphatic heterocycles. The largest absolute Gasteiger partial charge is 0.492 e. The van der Waals surface area contributed by atoms with Gasteiger partial charge in [0.2, 0.25) is 0 Å². The van der Waals surface area contributed by atoms with E-state index in [4.69, 9.17) is 15.2 Å². The summed E-state index contributed by atoms with van der Waals surface area (Å²) in [6.07, 6.45) is 1.05. The molecule has 0 spiro atoms. The zero-order valence-corrected chi connectivity index (χ0v) is 11.3. The second kappa shape index (κ2) is 6.21. The number of hydrogen-bond acceptors (Lipinski definition) is 3.